The summed E-state index contributed by atoms with van der Waals surface area (Å²) in [7, 11) is 2.63. The third kappa shape index (κ3) is 5.71. The predicted octanol–water partition coefficient (Wildman–Crippen LogP) is 1.33. The number of rotatable bonds is 9. The van der Waals surface area contributed by atoms with E-state index in [1.165, 1.54) is 30.9 Å². The van der Waals surface area contributed by atoms with Crippen molar-refractivity contribution in [3.63, 3.8) is 0 Å². The van der Waals surface area contributed by atoms with Gasteiger partial charge in [0.2, 0.25) is 10.0 Å². The molecule has 4 N–H and O–H groups in total. The minimum absolute atomic E-state index is 0.0178. The van der Waals surface area contributed by atoms with Gasteiger partial charge in [0.1, 0.15) is 17.0 Å². The predicted molar refractivity (Wildman–Crippen MR) is 118 cm³/mol. The van der Waals surface area contributed by atoms with Crippen molar-refractivity contribution in [2.45, 2.75) is 31.0 Å². The fraction of sp³-hybridized carbons (Fsp3) is 0.450. The van der Waals surface area contributed by atoms with Crippen molar-refractivity contribution in [1.82, 2.24) is 19.0 Å². The number of hydrogen-bond donors (Lipinski definition) is 2. The molecule has 2 rings (SSSR count). The van der Waals surface area contributed by atoms with Gasteiger partial charge in [-0.15, -0.1) is 0 Å². The van der Waals surface area contributed by atoms with Crippen molar-refractivity contribution >= 4 is 21.6 Å². The van der Waals surface area contributed by atoms with Crippen molar-refractivity contribution < 1.29 is 23.6 Å². The lowest BCUT2D eigenvalue weighted by Gasteiger charge is -2.21. The summed E-state index contributed by atoms with van der Waals surface area (Å²) in [6.07, 6.45) is 0.702. The summed E-state index contributed by atoms with van der Waals surface area (Å²) in [6.45, 7) is 1.98. The Morgan fingerprint density at radius 3 is 2.52 bits per heavy atom. The van der Waals surface area contributed by atoms with Gasteiger partial charge < -0.3 is 10.8 Å². The number of allylic oxidation sites excluding steroid dienone is 1. The van der Waals surface area contributed by atoms with Crippen molar-refractivity contribution in [2.24, 2.45) is 0 Å². The number of aliphatic hydroxyl groups is 1. The van der Waals surface area contributed by atoms with E-state index in [2.05, 4.69) is 10.8 Å². The fourth-order valence-corrected chi connectivity index (χ4v) is 4.57. The molecular weight excluding hydrogens is 445 g/mol. The third-order valence-electron chi connectivity index (χ3n) is 4.83. The van der Waals surface area contributed by atoms with E-state index >= 15 is 0 Å². The molecule has 8 nitrogen and oxygen atoms in total. The number of sulfonamides is 1. The van der Waals surface area contributed by atoms with Gasteiger partial charge >= 0.3 is 0 Å². The number of aliphatic hydroxyl groups excluding tert-OH is 1. The van der Waals surface area contributed by atoms with E-state index in [4.69, 9.17) is 11.6 Å². The highest BCUT2D eigenvalue weighted by Gasteiger charge is 2.25. The minimum Gasteiger partial charge on any atom is -0.372 e. The van der Waals surface area contributed by atoms with Crippen molar-refractivity contribution in [2.75, 3.05) is 34.7 Å². The van der Waals surface area contributed by atoms with Crippen molar-refractivity contribution in [3.8, 4) is 0 Å². The van der Waals surface area contributed by atoms with Crippen LogP contribution in [0.5, 0.6) is 0 Å². The van der Waals surface area contributed by atoms with Crippen LogP contribution < -0.4 is 5.73 Å². The van der Waals surface area contributed by atoms with Gasteiger partial charge in [-0.05, 0) is 38.7 Å². The molecule has 0 fully saturated rings. The molecule has 0 aliphatic heterocycles. The van der Waals surface area contributed by atoms with Crippen molar-refractivity contribution in [1.29, 1.82) is 0 Å². The average Bonchev–Trinajstić information content (AvgIpc) is 2.95. The highest BCUT2D eigenvalue weighted by atomic mass is 35.5. The van der Waals surface area contributed by atoms with E-state index in [1.807, 2.05) is 0 Å². The maximum atomic E-state index is 14.2. The molecule has 0 bridgehead atoms. The van der Waals surface area contributed by atoms with Crippen LogP contribution in [0.25, 0.3) is 0 Å². The highest BCUT2D eigenvalue weighted by Crippen LogP contribution is 2.29. The summed E-state index contributed by atoms with van der Waals surface area (Å²) < 4.78 is 41.5. The quantitative estimate of drug-likeness (QED) is 0.533. The monoisotopic (exact) mass is 474 g/mol. The lowest BCUT2D eigenvalue weighted by atomic mass is 10.0. The van der Waals surface area contributed by atoms with Gasteiger partial charge in [-0.3, -0.25) is 9.58 Å². The second-order valence-corrected chi connectivity index (χ2v) is 10.1. The van der Waals surface area contributed by atoms with Crippen LogP contribution >= 0.6 is 11.6 Å². The number of benzene rings is 1. The maximum absolute atomic E-state index is 14.2. The summed E-state index contributed by atoms with van der Waals surface area (Å²) in [5.74, 6) is -0.391. The van der Waals surface area contributed by atoms with Gasteiger partial charge in [0.15, 0.2) is 0 Å². The topological polar surface area (TPSA) is 106 Å². The molecule has 1 heterocycles. The third-order valence-corrected chi connectivity index (χ3v) is 7.13. The Labute approximate surface area is 187 Å². The van der Waals surface area contributed by atoms with E-state index < -0.39 is 22.1 Å². The molecule has 1 aromatic heterocycles. The highest BCUT2D eigenvalue weighted by molar-refractivity contribution is 7.89. The van der Waals surface area contributed by atoms with Crippen LogP contribution in [0.2, 0.25) is 5.02 Å². The second-order valence-electron chi connectivity index (χ2n) is 7.61. The lowest BCUT2D eigenvalue weighted by molar-refractivity contribution is -0.353. The summed E-state index contributed by atoms with van der Waals surface area (Å²) >= 11 is 6.28. The SMILES string of the molecule is Cc1nn(CC(F)=CC[NH3+])c(C(O)N(C)C)c1Cc1ccc(S(=O)(=O)N(C)C)c(Cl)c1. The molecule has 0 amide bonds. The van der Waals surface area contributed by atoms with Gasteiger partial charge in [-0.25, -0.2) is 17.1 Å². The fourth-order valence-electron chi connectivity index (χ4n) is 3.14. The Balaban J connectivity index is 2.50. The molecule has 172 valence electrons. The Kier molecular flexibility index (Phi) is 8.37. The zero-order valence-corrected chi connectivity index (χ0v) is 20.0. The first-order valence-corrected chi connectivity index (χ1v) is 11.5. The number of quaternary nitrogens is 1. The molecular formula is C20H30ClFN5O3S+. The standard InChI is InChI=1S/C20H29ClFN5O3S/c1-13-16(10-14-6-7-18(17(21)11-14)31(29,30)26(4)5)19(20(28)25(2)3)27(24-13)12-15(22)8-9-23/h6-8,11,20,28H,9-10,12,23H2,1-5H3/p+1. The molecule has 0 spiro atoms. The molecule has 31 heavy (non-hydrogen) atoms. The largest absolute Gasteiger partial charge is 0.372 e. The maximum Gasteiger partial charge on any atom is 0.244 e. The van der Waals surface area contributed by atoms with Crippen LogP contribution in [-0.2, 0) is 23.0 Å². The Hall–Kier alpha value is -1.82. The molecule has 1 unspecified atom stereocenters. The van der Waals surface area contributed by atoms with Gasteiger partial charge in [0.25, 0.3) is 0 Å². The summed E-state index contributed by atoms with van der Waals surface area (Å²) in [4.78, 5) is 1.61. The van der Waals surface area contributed by atoms with E-state index in [0.717, 1.165) is 15.4 Å². The van der Waals surface area contributed by atoms with Crippen LogP contribution in [0.15, 0.2) is 35.0 Å². The Morgan fingerprint density at radius 1 is 1.35 bits per heavy atom. The van der Waals surface area contributed by atoms with Gasteiger partial charge in [-0.2, -0.15) is 5.10 Å². The number of halogens is 2. The molecule has 11 heteroatoms. The molecule has 0 saturated heterocycles. The van der Waals surface area contributed by atoms with Crippen LogP contribution in [0.4, 0.5) is 4.39 Å². The molecule has 0 aliphatic carbocycles. The number of aromatic nitrogens is 2. The Morgan fingerprint density at radius 2 is 2.00 bits per heavy atom. The molecule has 0 aliphatic rings. The number of nitrogens with zero attached hydrogens (tertiary/aromatic N) is 4. The van der Waals surface area contributed by atoms with E-state index in [1.54, 1.807) is 38.1 Å². The Bertz CT molecular complexity index is 1070. The average molecular weight is 475 g/mol. The summed E-state index contributed by atoms with van der Waals surface area (Å²) in [6, 6.07) is 4.73. The van der Waals surface area contributed by atoms with E-state index in [-0.39, 0.29) is 16.5 Å². The smallest absolute Gasteiger partial charge is 0.244 e. The normalized spacial score (nSPS) is 14.0. The second kappa shape index (κ2) is 10.2. The number of aryl methyl sites for hydroxylation is 1. The zero-order chi connectivity index (χ0) is 23.5. The van der Waals surface area contributed by atoms with E-state index in [0.29, 0.717) is 24.4 Å². The van der Waals surface area contributed by atoms with Gasteiger partial charge in [0, 0.05) is 32.2 Å². The minimum atomic E-state index is -3.67. The van der Waals surface area contributed by atoms with Crippen molar-refractivity contribution in [3.05, 3.63) is 57.6 Å². The first-order chi connectivity index (χ1) is 14.4. The lowest BCUT2D eigenvalue weighted by Crippen LogP contribution is -2.49. The molecule has 0 saturated carbocycles. The molecule has 1 aromatic carbocycles. The van der Waals surface area contributed by atoms with E-state index in [9.17, 15) is 17.9 Å². The molecule has 2 aromatic rings. The van der Waals surface area contributed by atoms with Crippen LogP contribution in [0.3, 0.4) is 0 Å². The summed E-state index contributed by atoms with van der Waals surface area (Å²) in [5, 5.41) is 15.3. The number of hydrogen-bond acceptors (Lipinski definition) is 5. The summed E-state index contributed by atoms with van der Waals surface area (Å²) in [5.41, 5.74) is 6.19. The van der Waals surface area contributed by atoms with Gasteiger partial charge in [-0.1, -0.05) is 17.7 Å². The molecule has 1 atom stereocenters. The first kappa shape index (κ1) is 25.4. The first-order valence-electron chi connectivity index (χ1n) is 9.65. The van der Waals surface area contributed by atoms with Crippen LogP contribution in [-0.4, -0.2) is 67.2 Å². The van der Waals surface area contributed by atoms with Crippen LogP contribution in [0, 0.1) is 6.92 Å². The molecule has 0 radical (unpaired) electrons. The van der Waals surface area contributed by atoms with Crippen LogP contribution in [0.1, 0.15) is 28.7 Å². The van der Waals surface area contributed by atoms with Gasteiger partial charge in [0.05, 0.1) is 29.5 Å². The zero-order valence-electron chi connectivity index (χ0n) is 18.4.